The summed E-state index contributed by atoms with van der Waals surface area (Å²) in [7, 11) is 0. The van der Waals surface area contributed by atoms with E-state index in [-0.39, 0.29) is 27.7 Å². The largest absolute Gasteiger partial charge is 0.388 e. The van der Waals surface area contributed by atoms with Crippen LogP contribution >= 0.6 is 0 Å². The van der Waals surface area contributed by atoms with Gasteiger partial charge in [-0.15, -0.1) is 0 Å². The lowest BCUT2D eigenvalue weighted by Gasteiger charge is -2.44. The van der Waals surface area contributed by atoms with E-state index in [2.05, 4.69) is 19.0 Å². The van der Waals surface area contributed by atoms with E-state index in [1.54, 1.807) is 12.1 Å². The van der Waals surface area contributed by atoms with Crippen LogP contribution in [0.2, 0.25) is 0 Å². The molecule has 4 aliphatic rings. The Bertz CT molecular complexity index is 1180. The lowest BCUT2D eigenvalue weighted by atomic mass is 9.63. The van der Waals surface area contributed by atoms with Crippen LogP contribution in [-0.4, -0.2) is 21.9 Å². The Kier molecular flexibility index (Phi) is 4.41. The van der Waals surface area contributed by atoms with Crippen LogP contribution in [0.5, 0.6) is 0 Å². The molecule has 2 unspecified atom stereocenters. The number of hydrogen-bond acceptors (Lipinski definition) is 6. The van der Waals surface area contributed by atoms with Crippen LogP contribution in [0.15, 0.2) is 64.9 Å². The molecule has 7 nitrogen and oxygen atoms in total. The molecule has 170 valence electrons. The van der Waals surface area contributed by atoms with Crippen molar-refractivity contribution in [3.05, 3.63) is 70.3 Å². The number of hydrazone groups is 1. The van der Waals surface area contributed by atoms with Gasteiger partial charge in [-0.1, -0.05) is 49.3 Å². The Morgan fingerprint density at radius 1 is 1.06 bits per heavy atom. The van der Waals surface area contributed by atoms with E-state index in [4.69, 9.17) is 9.94 Å². The first kappa shape index (κ1) is 20.4. The summed E-state index contributed by atoms with van der Waals surface area (Å²) in [6.45, 7) is 4.68. The summed E-state index contributed by atoms with van der Waals surface area (Å²) in [5.41, 5.74) is 3.65. The van der Waals surface area contributed by atoms with Gasteiger partial charge in [-0.2, -0.15) is 5.10 Å². The SMILES string of the molecule is CC1(C)[C@@H]2CC[C@@H](C2)C12CC(C1=NN(c3ccccc3)C(c3cccc([N+](=O)[O-])c3)C1)=NO2. The minimum Gasteiger partial charge on any atom is -0.388 e. The molecule has 0 saturated heterocycles. The fraction of sp³-hybridized carbons (Fsp3) is 0.462. The molecule has 2 bridgehead atoms. The van der Waals surface area contributed by atoms with Crippen LogP contribution < -0.4 is 5.01 Å². The average Bonchev–Trinajstić information content (AvgIpc) is 3.60. The second kappa shape index (κ2) is 7.14. The first-order valence-corrected chi connectivity index (χ1v) is 11.8. The van der Waals surface area contributed by atoms with Gasteiger partial charge in [0.05, 0.1) is 22.4 Å². The van der Waals surface area contributed by atoms with Crippen molar-refractivity contribution in [1.29, 1.82) is 0 Å². The number of oxime groups is 1. The number of para-hydroxylation sites is 1. The molecule has 1 spiro atoms. The molecule has 0 aromatic heterocycles. The highest BCUT2D eigenvalue weighted by atomic mass is 16.7. The summed E-state index contributed by atoms with van der Waals surface area (Å²) in [6.07, 6.45) is 5.17. The molecule has 7 heteroatoms. The molecule has 2 saturated carbocycles. The number of non-ortho nitro benzene ring substituents is 1. The topological polar surface area (TPSA) is 80.3 Å². The zero-order valence-corrected chi connectivity index (χ0v) is 19.0. The van der Waals surface area contributed by atoms with Gasteiger partial charge in [0.25, 0.3) is 5.69 Å². The summed E-state index contributed by atoms with van der Waals surface area (Å²) in [5.74, 6) is 1.25. The summed E-state index contributed by atoms with van der Waals surface area (Å²) in [4.78, 5) is 17.4. The highest BCUT2D eigenvalue weighted by Crippen LogP contribution is 2.65. The summed E-state index contributed by atoms with van der Waals surface area (Å²) in [5, 5.41) is 23.0. The van der Waals surface area contributed by atoms with Crippen molar-refractivity contribution in [2.75, 3.05) is 5.01 Å². The Labute approximate surface area is 193 Å². The molecule has 2 aromatic carbocycles. The van der Waals surface area contributed by atoms with Gasteiger partial charge in [0.2, 0.25) is 0 Å². The molecule has 2 aliphatic heterocycles. The number of nitro benzene ring substituents is 1. The van der Waals surface area contributed by atoms with E-state index in [0.717, 1.165) is 29.1 Å². The predicted molar refractivity (Wildman–Crippen MR) is 127 cm³/mol. The molecule has 2 aliphatic carbocycles. The van der Waals surface area contributed by atoms with Crippen LogP contribution in [0.25, 0.3) is 0 Å². The second-order valence-electron chi connectivity index (χ2n) is 10.4. The number of anilines is 1. The quantitative estimate of drug-likeness (QED) is 0.436. The Morgan fingerprint density at radius 2 is 1.85 bits per heavy atom. The molecule has 0 radical (unpaired) electrons. The van der Waals surface area contributed by atoms with Crippen LogP contribution in [-0.2, 0) is 4.84 Å². The zero-order valence-electron chi connectivity index (χ0n) is 19.0. The number of benzene rings is 2. The smallest absolute Gasteiger partial charge is 0.269 e. The van der Waals surface area contributed by atoms with Crippen LogP contribution in [0.1, 0.15) is 57.6 Å². The van der Waals surface area contributed by atoms with Crippen molar-refractivity contribution in [2.45, 2.75) is 57.6 Å². The van der Waals surface area contributed by atoms with Gasteiger partial charge in [0.1, 0.15) is 5.71 Å². The maximum atomic E-state index is 11.4. The maximum absolute atomic E-state index is 11.4. The fourth-order valence-corrected chi connectivity index (χ4v) is 6.71. The molecule has 2 aromatic rings. The Morgan fingerprint density at radius 3 is 2.58 bits per heavy atom. The van der Waals surface area contributed by atoms with Gasteiger partial charge in [0, 0.05) is 36.3 Å². The third-order valence-electron chi connectivity index (χ3n) is 8.68. The van der Waals surface area contributed by atoms with Crippen molar-refractivity contribution in [1.82, 2.24) is 0 Å². The van der Waals surface area contributed by atoms with Crippen molar-refractivity contribution in [3.63, 3.8) is 0 Å². The van der Waals surface area contributed by atoms with Crippen LogP contribution in [0.3, 0.4) is 0 Å². The number of nitro groups is 1. The standard InChI is InChI=1S/C26H28N4O3/c1-25(2)18-11-12-19(14-18)26(25)16-23(28-33-26)22-15-24(17-7-6-10-21(13-17)30(31)32)29(27-22)20-8-4-3-5-9-20/h3-10,13,18-19,24H,11-12,14-16H2,1-2H3/t18-,19+,24?,26?/m1/s1. The minimum atomic E-state index is -0.344. The van der Waals surface area contributed by atoms with E-state index in [0.29, 0.717) is 18.3 Å². The highest BCUT2D eigenvalue weighted by molar-refractivity contribution is 6.43. The van der Waals surface area contributed by atoms with Gasteiger partial charge in [-0.05, 0) is 42.9 Å². The fourth-order valence-electron chi connectivity index (χ4n) is 6.71. The normalized spacial score (nSPS) is 31.6. The molecule has 2 fully saturated rings. The number of hydrogen-bond donors (Lipinski definition) is 0. The first-order valence-electron chi connectivity index (χ1n) is 11.8. The number of nitrogens with zero attached hydrogens (tertiary/aromatic N) is 4. The molecule has 6 rings (SSSR count). The van der Waals surface area contributed by atoms with E-state index in [9.17, 15) is 10.1 Å². The van der Waals surface area contributed by atoms with E-state index in [1.807, 2.05) is 41.4 Å². The van der Waals surface area contributed by atoms with Gasteiger partial charge in [-0.3, -0.25) is 15.1 Å². The molecule has 0 amide bonds. The second-order valence-corrected chi connectivity index (χ2v) is 10.4. The maximum Gasteiger partial charge on any atom is 0.269 e. The van der Waals surface area contributed by atoms with Gasteiger partial charge in [0.15, 0.2) is 5.60 Å². The third kappa shape index (κ3) is 2.94. The Hall–Kier alpha value is -3.22. The number of fused-ring (bicyclic) bond motifs is 3. The molecular weight excluding hydrogens is 416 g/mol. The lowest BCUT2D eigenvalue weighted by Crippen LogP contribution is -2.49. The van der Waals surface area contributed by atoms with Crippen molar-refractivity contribution in [2.24, 2.45) is 27.5 Å². The Balaban J connectivity index is 1.33. The minimum absolute atomic E-state index is 0.0955. The highest BCUT2D eigenvalue weighted by Gasteiger charge is 2.67. The van der Waals surface area contributed by atoms with Crippen molar-refractivity contribution in [3.8, 4) is 0 Å². The summed E-state index contributed by atoms with van der Waals surface area (Å²) >= 11 is 0. The first-order chi connectivity index (χ1) is 15.9. The predicted octanol–water partition coefficient (Wildman–Crippen LogP) is 5.87. The van der Waals surface area contributed by atoms with Crippen LogP contribution in [0, 0.1) is 27.4 Å². The van der Waals surface area contributed by atoms with Crippen molar-refractivity contribution < 1.29 is 9.76 Å². The molecule has 4 atom stereocenters. The van der Waals surface area contributed by atoms with Gasteiger partial charge < -0.3 is 4.84 Å². The molecule has 2 heterocycles. The summed E-state index contributed by atoms with van der Waals surface area (Å²) in [6, 6.07) is 16.7. The molecular formula is C26H28N4O3. The molecule has 0 N–H and O–H groups in total. The van der Waals surface area contributed by atoms with E-state index >= 15 is 0 Å². The van der Waals surface area contributed by atoms with E-state index in [1.165, 1.54) is 25.3 Å². The van der Waals surface area contributed by atoms with Crippen molar-refractivity contribution >= 4 is 22.8 Å². The number of rotatable bonds is 4. The van der Waals surface area contributed by atoms with E-state index < -0.39 is 0 Å². The molecule has 33 heavy (non-hydrogen) atoms. The average molecular weight is 445 g/mol. The van der Waals surface area contributed by atoms with Gasteiger partial charge >= 0.3 is 0 Å². The third-order valence-corrected chi connectivity index (χ3v) is 8.68. The zero-order chi connectivity index (χ0) is 22.8. The monoisotopic (exact) mass is 444 g/mol. The summed E-state index contributed by atoms with van der Waals surface area (Å²) < 4.78 is 0. The van der Waals surface area contributed by atoms with Gasteiger partial charge in [-0.25, -0.2) is 0 Å². The lowest BCUT2D eigenvalue weighted by molar-refractivity contribution is -0.384. The van der Waals surface area contributed by atoms with Crippen LogP contribution in [0.4, 0.5) is 11.4 Å².